The van der Waals surface area contributed by atoms with Gasteiger partial charge >= 0.3 is 0 Å². The number of amides is 1. The largest absolute Gasteiger partial charge is 0.496 e. The Balaban J connectivity index is 2.38. The molecule has 0 aromatic heterocycles. The molecule has 112 valence electrons. The highest BCUT2D eigenvalue weighted by Gasteiger charge is 2.10. The van der Waals surface area contributed by atoms with Crippen molar-refractivity contribution in [3.8, 4) is 5.75 Å². The van der Waals surface area contributed by atoms with Gasteiger partial charge in [-0.15, -0.1) is 0 Å². The number of carbonyl (C=O) groups excluding carboxylic acids is 1. The maximum atomic E-state index is 12.1. The number of hydrogen-bond acceptors (Lipinski definition) is 3. The molecule has 0 aliphatic rings. The second-order valence-corrected chi connectivity index (χ2v) is 5.28. The first-order valence-electron chi connectivity index (χ1n) is 7.05. The quantitative estimate of drug-likeness (QED) is 0.729. The van der Waals surface area contributed by atoms with Crippen LogP contribution in [0, 0.1) is 0 Å². The van der Waals surface area contributed by atoms with Gasteiger partial charge in [-0.3, -0.25) is 4.79 Å². The summed E-state index contributed by atoms with van der Waals surface area (Å²) in [5.74, 6) is 1.05. The molecule has 4 nitrogen and oxygen atoms in total. The lowest BCUT2D eigenvalue weighted by molar-refractivity contribution is -0.129. The molecule has 1 aromatic carbocycles. The van der Waals surface area contributed by atoms with Gasteiger partial charge in [-0.2, -0.15) is 0 Å². The average molecular weight is 278 g/mol. The molecule has 0 aliphatic carbocycles. The van der Waals surface area contributed by atoms with Crippen molar-refractivity contribution in [3.63, 3.8) is 0 Å². The van der Waals surface area contributed by atoms with E-state index in [1.54, 1.807) is 7.11 Å². The van der Waals surface area contributed by atoms with Crippen molar-refractivity contribution in [2.24, 2.45) is 0 Å². The molecular weight excluding hydrogens is 252 g/mol. The molecule has 4 heteroatoms. The Kier molecular flexibility index (Phi) is 7.09. The number of methoxy groups -OCH3 is 1. The van der Waals surface area contributed by atoms with E-state index in [0.717, 1.165) is 37.2 Å². The van der Waals surface area contributed by atoms with Crippen LogP contribution in [0.2, 0.25) is 0 Å². The summed E-state index contributed by atoms with van der Waals surface area (Å²) in [6, 6.07) is 7.86. The number of benzene rings is 1. The topological polar surface area (TPSA) is 32.8 Å². The van der Waals surface area contributed by atoms with E-state index in [2.05, 4.69) is 4.90 Å². The van der Waals surface area contributed by atoms with Crippen LogP contribution in [-0.2, 0) is 11.2 Å². The molecule has 0 saturated carbocycles. The van der Waals surface area contributed by atoms with Crippen LogP contribution in [0.25, 0.3) is 0 Å². The number of hydrogen-bond donors (Lipinski definition) is 0. The highest BCUT2D eigenvalue weighted by atomic mass is 16.5. The summed E-state index contributed by atoms with van der Waals surface area (Å²) < 4.78 is 5.30. The van der Waals surface area contributed by atoms with E-state index in [9.17, 15) is 4.79 Å². The van der Waals surface area contributed by atoms with Crippen molar-refractivity contribution < 1.29 is 9.53 Å². The molecule has 0 fully saturated rings. The minimum atomic E-state index is 0.190. The Labute approximate surface area is 122 Å². The Morgan fingerprint density at radius 1 is 1.15 bits per heavy atom. The minimum absolute atomic E-state index is 0.190. The van der Waals surface area contributed by atoms with Gasteiger partial charge in [-0.1, -0.05) is 18.2 Å². The van der Waals surface area contributed by atoms with Crippen LogP contribution in [0.15, 0.2) is 24.3 Å². The summed E-state index contributed by atoms with van der Waals surface area (Å²) >= 11 is 0. The molecule has 1 rings (SSSR count). The van der Waals surface area contributed by atoms with E-state index in [1.807, 2.05) is 50.3 Å². The van der Waals surface area contributed by atoms with E-state index < -0.39 is 0 Å². The van der Waals surface area contributed by atoms with Gasteiger partial charge in [0, 0.05) is 20.0 Å². The summed E-state index contributed by atoms with van der Waals surface area (Å²) in [6.07, 6.45) is 2.25. The normalized spacial score (nSPS) is 10.7. The molecule has 0 radical (unpaired) electrons. The van der Waals surface area contributed by atoms with Crippen LogP contribution in [0.5, 0.6) is 5.75 Å². The highest BCUT2D eigenvalue weighted by Crippen LogP contribution is 2.19. The zero-order valence-electron chi connectivity index (χ0n) is 13.1. The fourth-order valence-electron chi connectivity index (χ4n) is 2.09. The number of rotatable bonds is 8. The van der Waals surface area contributed by atoms with Crippen LogP contribution >= 0.6 is 0 Å². The zero-order chi connectivity index (χ0) is 15.0. The fraction of sp³-hybridized carbons (Fsp3) is 0.562. The second-order valence-electron chi connectivity index (χ2n) is 5.28. The van der Waals surface area contributed by atoms with Crippen LogP contribution in [0.3, 0.4) is 0 Å². The Bertz CT molecular complexity index is 419. The highest BCUT2D eigenvalue weighted by molar-refractivity contribution is 5.76. The molecule has 1 aromatic rings. The molecule has 0 atom stereocenters. The van der Waals surface area contributed by atoms with Gasteiger partial charge in [0.1, 0.15) is 5.75 Å². The lowest BCUT2D eigenvalue weighted by Crippen LogP contribution is -2.29. The molecule has 0 aliphatic heterocycles. The Morgan fingerprint density at radius 2 is 1.85 bits per heavy atom. The van der Waals surface area contributed by atoms with Gasteiger partial charge in [0.15, 0.2) is 0 Å². The molecule has 0 saturated heterocycles. The van der Waals surface area contributed by atoms with Crippen LogP contribution in [0.4, 0.5) is 0 Å². The lowest BCUT2D eigenvalue weighted by Gasteiger charge is -2.18. The van der Waals surface area contributed by atoms with E-state index in [4.69, 9.17) is 4.74 Å². The maximum absolute atomic E-state index is 12.1. The van der Waals surface area contributed by atoms with Gasteiger partial charge in [0.25, 0.3) is 0 Å². The first-order chi connectivity index (χ1) is 9.54. The SMILES string of the molecule is COc1ccccc1CCC(=O)N(C)CCCN(C)C. The third-order valence-corrected chi connectivity index (χ3v) is 3.33. The number of nitrogens with zero attached hydrogens (tertiary/aromatic N) is 2. The molecule has 0 N–H and O–H groups in total. The smallest absolute Gasteiger partial charge is 0.222 e. The Morgan fingerprint density at radius 3 is 2.50 bits per heavy atom. The molecule has 0 heterocycles. The van der Waals surface area contributed by atoms with Gasteiger partial charge in [0.05, 0.1) is 7.11 Å². The van der Waals surface area contributed by atoms with Crippen LogP contribution in [0.1, 0.15) is 18.4 Å². The van der Waals surface area contributed by atoms with Gasteiger partial charge in [-0.05, 0) is 45.1 Å². The molecule has 0 unspecified atom stereocenters. The monoisotopic (exact) mass is 278 g/mol. The molecular formula is C16H26N2O2. The van der Waals surface area contributed by atoms with Gasteiger partial charge < -0.3 is 14.5 Å². The predicted molar refractivity (Wildman–Crippen MR) is 82.1 cm³/mol. The molecule has 1 amide bonds. The van der Waals surface area contributed by atoms with Crippen molar-refractivity contribution >= 4 is 5.91 Å². The lowest BCUT2D eigenvalue weighted by atomic mass is 10.1. The third-order valence-electron chi connectivity index (χ3n) is 3.33. The van der Waals surface area contributed by atoms with E-state index in [1.165, 1.54) is 0 Å². The summed E-state index contributed by atoms with van der Waals surface area (Å²) in [7, 11) is 7.63. The van der Waals surface area contributed by atoms with Crippen molar-refractivity contribution in [1.29, 1.82) is 0 Å². The molecule has 0 spiro atoms. The van der Waals surface area contributed by atoms with Crippen molar-refractivity contribution in [2.45, 2.75) is 19.3 Å². The summed E-state index contributed by atoms with van der Waals surface area (Å²) in [5, 5.41) is 0. The van der Waals surface area contributed by atoms with E-state index in [-0.39, 0.29) is 5.91 Å². The van der Waals surface area contributed by atoms with Gasteiger partial charge in [0.2, 0.25) is 5.91 Å². The maximum Gasteiger partial charge on any atom is 0.222 e. The standard InChI is InChI=1S/C16H26N2O2/c1-17(2)12-7-13-18(3)16(19)11-10-14-8-5-6-9-15(14)20-4/h5-6,8-9H,7,10-13H2,1-4H3. The zero-order valence-corrected chi connectivity index (χ0v) is 13.1. The number of aryl methyl sites for hydroxylation is 1. The number of para-hydroxylation sites is 1. The summed E-state index contributed by atoms with van der Waals surface area (Å²) in [4.78, 5) is 16.0. The fourth-order valence-corrected chi connectivity index (χ4v) is 2.09. The van der Waals surface area contributed by atoms with Crippen molar-refractivity contribution in [2.75, 3.05) is 41.3 Å². The predicted octanol–water partition coefficient (Wildman–Crippen LogP) is 2.04. The summed E-state index contributed by atoms with van der Waals surface area (Å²) in [5.41, 5.74) is 1.09. The first kappa shape index (κ1) is 16.5. The van der Waals surface area contributed by atoms with Crippen LogP contribution in [-0.4, -0.2) is 57.0 Å². The molecule has 20 heavy (non-hydrogen) atoms. The molecule has 0 bridgehead atoms. The first-order valence-corrected chi connectivity index (χ1v) is 7.05. The summed E-state index contributed by atoms with van der Waals surface area (Å²) in [6.45, 7) is 1.81. The number of ether oxygens (including phenoxy) is 1. The van der Waals surface area contributed by atoms with Crippen LogP contribution < -0.4 is 4.74 Å². The van der Waals surface area contributed by atoms with E-state index >= 15 is 0 Å². The third kappa shape index (κ3) is 5.61. The van der Waals surface area contributed by atoms with Crippen molar-refractivity contribution in [1.82, 2.24) is 9.80 Å². The minimum Gasteiger partial charge on any atom is -0.496 e. The van der Waals surface area contributed by atoms with Crippen molar-refractivity contribution in [3.05, 3.63) is 29.8 Å². The number of carbonyl (C=O) groups is 1. The second kappa shape index (κ2) is 8.59. The Hall–Kier alpha value is -1.55. The van der Waals surface area contributed by atoms with E-state index in [0.29, 0.717) is 6.42 Å². The average Bonchev–Trinajstić information content (AvgIpc) is 2.44. The van der Waals surface area contributed by atoms with Gasteiger partial charge in [-0.25, -0.2) is 0 Å².